The van der Waals surface area contributed by atoms with Gasteiger partial charge in [0.25, 0.3) is 26.0 Å². The summed E-state index contributed by atoms with van der Waals surface area (Å²) in [6.45, 7) is 0. The molecule has 10 nitrogen and oxygen atoms in total. The number of carbonyl (C=O) groups excluding carboxylic acids is 1. The molecule has 0 radical (unpaired) electrons. The molecule has 14 heteroatoms. The summed E-state index contributed by atoms with van der Waals surface area (Å²) in [5, 5.41) is 2.96. The average molecular weight is 651 g/mol. The van der Waals surface area contributed by atoms with Gasteiger partial charge in [-0.1, -0.05) is 29.3 Å². The van der Waals surface area contributed by atoms with E-state index in [1.54, 1.807) is 6.07 Å². The molecule has 0 saturated heterocycles. The molecule has 0 bridgehead atoms. The number of hydrogen-bond donors (Lipinski definition) is 2. The summed E-state index contributed by atoms with van der Waals surface area (Å²) in [6, 6.07) is 20.3. The van der Waals surface area contributed by atoms with Gasteiger partial charge in [-0.3, -0.25) is 13.8 Å². The summed E-state index contributed by atoms with van der Waals surface area (Å²) < 4.78 is 65.8. The van der Waals surface area contributed by atoms with Gasteiger partial charge in [0.05, 0.1) is 45.4 Å². The molecule has 0 atom stereocenters. The molecule has 4 aromatic rings. The fourth-order valence-corrected chi connectivity index (χ4v) is 6.49. The zero-order valence-electron chi connectivity index (χ0n) is 22.5. The Bertz CT molecular complexity index is 1830. The number of carbonyl (C=O) groups is 1. The van der Waals surface area contributed by atoms with E-state index in [0.717, 1.165) is 4.31 Å². The number of nitrogens with one attached hydrogen (secondary N) is 2. The van der Waals surface area contributed by atoms with Gasteiger partial charge in [-0.15, -0.1) is 0 Å². The van der Waals surface area contributed by atoms with Gasteiger partial charge < -0.3 is 14.8 Å². The summed E-state index contributed by atoms with van der Waals surface area (Å²) in [6.07, 6.45) is 0. The Hall–Kier alpha value is -3.97. The van der Waals surface area contributed by atoms with Crippen LogP contribution in [0.25, 0.3) is 0 Å². The number of rotatable bonds is 10. The molecule has 0 saturated carbocycles. The Morgan fingerprint density at radius 2 is 1.40 bits per heavy atom. The number of methoxy groups -OCH3 is 2. The van der Waals surface area contributed by atoms with Crippen molar-refractivity contribution in [1.82, 2.24) is 0 Å². The van der Waals surface area contributed by atoms with Gasteiger partial charge in [-0.25, -0.2) is 16.8 Å². The number of anilines is 3. The van der Waals surface area contributed by atoms with Crippen LogP contribution in [0.2, 0.25) is 10.0 Å². The first-order chi connectivity index (χ1) is 19.9. The number of benzene rings is 4. The Morgan fingerprint density at radius 1 is 0.786 bits per heavy atom. The third kappa shape index (κ3) is 6.57. The van der Waals surface area contributed by atoms with Crippen LogP contribution in [0.4, 0.5) is 17.1 Å². The molecule has 0 spiro atoms. The minimum Gasteiger partial charge on any atom is -0.493 e. The molecule has 0 aromatic heterocycles. The maximum atomic E-state index is 13.2. The van der Waals surface area contributed by atoms with Crippen molar-refractivity contribution in [3.05, 3.63) is 101 Å². The van der Waals surface area contributed by atoms with Gasteiger partial charge >= 0.3 is 0 Å². The lowest BCUT2D eigenvalue weighted by Gasteiger charge is -2.20. The van der Waals surface area contributed by atoms with Crippen molar-refractivity contribution in [2.45, 2.75) is 9.79 Å². The van der Waals surface area contributed by atoms with Crippen molar-refractivity contribution in [3.8, 4) is 11.5 Å². The highest BCUT2D eigenvalue weighted by molar-refractivity contribution is 7.93. The van der Waals surface area contributed by atoms with Crippen molar-refractivity contribution in [1.29, 1.82) is 0 Å². The molecule has 0 aliphatic rings. The van der Waals surface area contributed by atoms with Crippen LogP contribution in [0.1, 0.15) is 10.4 Å². The highest BCUT2D eigenvalue weighted by Gasteiger charge is 2.23. The van der Waals surface area contributed by atoms with E-state index in [2.05, 4.69) is 10.0 Å². The zero-order valence-corrected chi connectivity index (χ0v) is 25.6. The fraction of sp³-hybridized carbons (Fsp3) is 0.107. The van der Waals surface area contributed by atoms with Gasteiger partial charge in [0, 0.05) is 24.4 Å². The number of hydrogen-bond acceptors (Lipinski definition) is 7. The molecule has 220 valence electrons. The van der Waals surface area contributed by atoms with Crippen LogP contribution in [0, 0.1) is 0 Å². The van der Waals surface area contributed by atoms with E-state index in [9.17, 15) is 21.6 Å². The summed E-state index contributed by atoms with van der Waals surface area (Å²) in [4.78, 5) is 12.8. The molecular weight excluding hydrogens is 625 g/mol. The van der Waals surface area contributed by atoms with E-state index < -0.39 is 26.0 Å². The topological polar surface area (TPSA) is 131 Å². The standard InChI is InChI=1S/C28H25Cl2N3O7S2/c1-33(42(37,38)22-15-16-25(39-2)26(17-22)40-3)20-11-7-18(8-12-20)28(34)31-19-9-13-21(14-10-19)41(35,36)32-24-6-4-5-23(29)27(24)30/h4-17,32H,1-3H3,(H,31,34). The van der Waals surface area contributed by atoms with E-state index in [4.69, 9.17) is 32.7 Å². The largest absolute Gasteiger partial charge is 0.493 e. The number of nitrogens with zero attached hydrogens (tertiary/aromatic N) is 1. The number of ether oxygens (including phenoxy) is 2. The van der Waals surface area contributed by atoms with Crippen molar-refractivity contribution in [3.63, 3.8) is 0 Å². The molecule has 0 aliphatic carbocycles. The van der Waals surface area contributed by atoms with Crippen LogP contribution in [0.15, 0.2) is 94.7 Å². The molecule has 0 unspecified atom stereocenters. The number of amides is 1. The molecule has 2 N–H and O–H groups in total. The van der Waals surface area contributed by atoms with Crippen LogP contribution in [0.5, 0.6) is 11.5 Å². The summed E-state index contributed by atoms with van der Waals surface area (Å²) in [5.74, 6) is 0.183. The van der Waals surface area contributed by atoms with Crippen LogP contribution >= 0.6 is 23.2 Å². The van der Waals surface area contributed by atoms with Gasteiger partial charge in [-0.05, 0) is 72.8 Å². The lowest BCUT2D eigenvalue weighted by molar-refractivity contribution is 0.102. The fourth-order valence-electron chi connectivity index (χ4n) is 3.80. The lowest BCUT2D eigenvalue weighted by Crippen LogP contribution is -2.26. The molecule has 1 amide bonds. The van der Waals surface area contributed by atoms with E-state index in [0.29, 0.717) is 17.1 Å². The predicted molar refractivity (Wildman–Crippen MR) is 163 cm³/mol. The van der Waals surface area contributed by atoms with Crippen LogP contribution < -0.4 is 23.8 Å². The van der Waals surface area contributed by atoms with E-state index in [1.165, 1.54) is 100 Å². The second kappa shape index (κ2) is 12.5. The van der Waals surface area contributed by atoms with E-state index in [-0.39, 0.29) is 36.8 Å². The van der Waals surface area contributed by atoms with Crippen molar-refractivity contribution < 1.29 is 31.1 Å². The summed E-state index contributed by atoms with van der Waals surface area (Å²) >= 11 is 12.0. The number of halogens is 2. The quantitative estimate of drug-likeness (QED) is 0.219. The van der Waals surface area contributed by atoms with Crippen molar-refractivity contribution >= 4 is 66.2 Å². The van der Waals surface area contributed by atoms with E-state index >= 15 is 0 Å². The maximum absolute atomic E-state index is 13.2. The first-order valence-corrected chi connectivity index (χ1v) is 15.7. The van der Waals surface area contributed by atoms with Crippen molar-refractivity contribution in [2.75, 3.05) is 35.6 Å². The van der Waals surface area contributed by atoms with Crippen molar-refractivity contribution in [2.24, 2.45) is 0 Å². The third-order valence-corrected chi connectivity index (χ3v) is 10.1. The molecule has 4 rings (SSSR count). The minimum atomic E-state index is -3.98. The summed E-state index contributed by atoms with van der Waals surface area (Å²) in [7, 11) is -3.66. The summed E-state index contributed by atoms with van der Waals surface area (Å²) in [5.41, 5.74) is 1.05. The smallest absolute Gasteiger partial charge is 0.264 e. The predicted octanol–water partition coefficient (Wildman–Crippen LogP) is 5.89. The Morgan fingerprint density at radius 3 is 2.02 bits per heavy atom. The van der Waals surface area contributed by atoms with Gasteiger partial charge in [0.1, 0.15) is 0 Å². The zero-order chi connectivity index (χ0) is 30.7. The number of sulfonamides is 2. The van der Waals surface area contributed by atoms with Crippen LogP contribution in [-0.2, 0) is 20.0 Å². The highest BCUT2D eigenvalue weighted by atomic mass is 35.5. The molecule has 4 aromatic carbocycles. The van der Waals surface area contributed by atoms with E-state index in [1.807, 2.05) is 0 Å². The second-order valence-electron chi connectivity index (χ2n) is 8.72. The molecule has 0 aliphatic heterocycles. The highest BCUT2D eigenvalue weighted by Crippen LogP contribution is 2.33. The van der Waals surface area contributed by atoms with Gasteiger partial charge in [-0.2, -0.15) is 0 Å². The molecule has 42 heavy (non-hydrogen) atoms. The SMILES string of the molecule is COc1ccc(S(=O)(=O)N(C)c2ccc(C(=O)Nc3ccc(S(=O)(=O)Nc4cccc(Cl)c4Cl)cc3)cc2)cc1OC. The van der Waals surface area contributed by atoms with Gasteiger partial charge in [0.15, 0.2) is 11.5 Å². The van der Waals surface area contributed by atoms with Gasteiger partial charge in [0.2, 0.25) is 0 Å². The lowest BCUT2D eigenvalue weighted by atomic mass is 10.2. The average Bonchev–Trinajstić information content (AvgIpc) is 2.99. The first-order valence-electron chi connectivity index (χ1n) is 12.1. The maximum Gasteiger partial charge on any atom is 0.264 e. The molecule has 0 fully saturated rings. The Kier molecular flexibility index (Phi) is 9.21. The molecular formula is C28H25Cl2N3O7S2. The third-order valence-electron chi connectivity index (χ3n) is 6.12. The van der Waals surface area contributed by atoms with Crippen LogP contribution in [0.3, 0.4) is 0 Å². The second-order valence-corrected chi connectivity index (χ2v) is 13.2. The minimum absolute atomic E-state index is 0.000736. The normalized spacial score (nSPS) is 11.5. The monoisotopic (exact) mass is 649 g/mol. The van der Waals surface area contributed by atoms with Crippen LogP contribution in [-0.4, -0.2) is 44.0 Å². The first kappa shape index (κ1) is 31.0. The molecule has 0 heterocycles. The Balaban J connectivity index is 1.44. The Labute approximate surface area is 253 Å².